The Morgan fingerprint density at radius 2 is 1.20 bits per heavy atom. The standard InChI is InChI=1S/C30H25NO3S/c32-28-27(35-29(33)31-28)22-16-18-26(19-17-22)34-21-20-30(23-10-4-1-5-11-23,24-12-6-2-7-13-24)25-14-8-3-9-15-25/h1-19,32H,20-21H2,(H,31,33). The molecule has 0 unspecified atom stereocenters. The summed E-state index contributed by atoms with van der Waals surface area (Å²) in [5.74, 6) is 0.631. The minimum absolute atomic E-state index is 0.105. The van der Waals surface area contributed by atoms with Crippen LogP contribution >= 0.6 is 11.3 Å². The van der Waals surface area contributed by atoms with Gasteiger partial charge in [-0.05, 0) is 52.9 Å². The molecule has 0 saturated heterocycles. The number of aromatic amines is 1. The third-order valence-electron chi connectivity index (χ3n) is 6.29. The molecule has 0 radical (unpaired) electrons. The second-order valence-electron chi connectivity index (χ2n) is 8.32. The van der Waals surface area contributed by atoms with Crippen molar-refractivity contribution in [2.24, 2.45) is 0 Å². The molecule has 0 bridgehead atoms. The summed E-state index contributed by atoms with van der Waals surface area (Å²) in [6.45, 7) is 0.501. The normalized spacial score (nSPS) is 11.3. The van der Waals surface area contributed by atoms with E-state index in [4.69, 9.17) is 4.74 Å². The SMILES string of the molecule is O=c1[nH]c(O)c(-c2ccc(OCCC(c3ccccc3)(c3ccccc3)c3ccccc3)cc2)s1. The van der Waals surface area contributed by atoms with Crippen LogP contribution in [0.4, 0.5) is 0 Å². The Labute approximate surface area is 208 Å². The van der Waals surface area contributed by atoms with Crippen molar-refractivity contribution in [2.45, 2.75) is 11.8 Å². The number of nitrogens with one attached hydrogen (secondary N) is 1. The van der Waals surface area contributed by atoms with E-state index in [1.807, 2.05) is 42.5 Å². The molecule has 174 valence electrons. The van der Waals surface area contributed by atoms with Crippen molar-refractivity contribution in [1.82, 2.24) is 4.98 Å². The summed E-state index contributed by atoms with van der Waals surface area (Å²) in [7, 11) is 0. The number of thiazole rings is 1. The van der Waals surface area contributed by atoms with Gasteiger partial charge >= 0.3 is 4.87 Å². The molecule has 0 fully saturated rings. The Kier molecular flexibility index (Phi) is 6.51. The lowest BCUT2D eigenvalue weighted by Crippen LogP contribution is -2.31. The number of aromatic hydroxyl groups is 1. The summed E-state index contributed by atoms with van der Waals surface area (Å²) in [5, 5.41) is 9.93. The monoisotopic (exact) mass is 479 g/mol. The highest BCUT2D eigenvalue weighted by Gasteiger charge is 2.36. The van der Waals surface area contributed by atoms with Crippen LogP contribution in [0, 0.1) is 0 Å². The van der Waals surface area contributed by atoms with Crippen molar-refractivity contribution in [2.75, 3.05) is 6.61 Å². The largest absolute Gasteiger partial charge is 0.494 e. The quantitative estimate of drug-likeness (QED) is 0.246. The lowest BCUT2D eigenvalue weighted by Gasteiger charge is -2.36. The minimum Gasteiger partial charge on any atom is -0.494 e. The van der Waals surface area contributed by atoms with E-state index in [1.54, 1.807) is 0 Å². The van der Waals surface area contributed by atoms with Gasteiger partial charge in [-0.2, -0.15) is 0 Å². The molecule has 2 N–H and O–H groups in total. The number of H-pyrrole nitrogens is 1. The van der Waals surface area contributed by atoms with Gasteiger partial charge in [0.2, 0.25) is 5.88 Å². The fourth-order valence-electron chi connectivity index (χ4n) is 4.64. The number of rotatable bonds is 8. The van der Waals surface area contributed by atoms with E-state index < -0.39 is 0 Å². The van der Waals surface area contributed by atoms with Crippen LogP contribution in [-0.2, 0) is 5.41 Å². The Bertz CT molecular complexity index is 1330. The van der Waals surface area contributed by atoms with E-state index in [0.717, 1.165) is 29.1 Å². The summed E-state index contributed by atoms with van der Waals surface area (Å²) in [6, 6.07) is 39.2. The maximum atomic E-state index is 11.5. The van der Waals surface area contributed by atoms with Gasteiger partial charge in [-0.1, -0.05) is 102 Å². The molecule has 0 aliphatic rings. The molecular weight excluding hydrogens is 454 g/mol. The Hall–Kier alpha value is -4.09. The highest BCUT2D eigenvalue weighted by molar-refractivity contribution is 7.13. The van der Waals surface area contributed by atoms with Gasteiger partial charge in [-0.3, -0.25) is 9.78 Å². The molecule has 4 nitrogen and oxygen atoms in total. The first-order valence-electron chi connectivity index (χ1n) is 11.5. The fourth-order valence-corrected chi connectivity index (χ4v) is 5.38. The van der Waals surface area contributed by atoms with E-state index in [0.29, 0.717) is 11.5 Å². The molecule has 5 aromatic rings. The smallest absolute Gasteiger partial charge is 0.307 e. The zero-order valence-corrected chi connectivity index (χ0v) is 19.9. The van der Waals surface area contributed by atoms with Crippen molar-refractivity contribution in [3.63, 3.8) is 0 Å². The summed E-state index contributed by atoms with van der Waals surface area (Å²) in [5.41, 5.74) is 4.05. The third-order valence-corrected chi connectivity index (χ3v) is 7.21. The van der Waals surface area contributed by atoms with Gasteiger partial charge in [0.15, 0.2) is 0 Å². The molecule has 0 atom stereocenters. The molecule has 0 aliphatic heterocycles. The zero-order chi connectivity index (χ0) is 24.1. The molecule has 0 aliphatic carbocycles. The molecule has 1 heterocycles. The maximum absolute atomic E-state index is 11.5. The number of hydrogen-bond acceptors (Lipinski definition) is 4. The first-order valence-corrected chi connectivity index (χ1v) is 12.3. The van der Waals surface area contributed by atoms with E-state index >= 15 is 0 Å². The van der Waals surface area contributed by atoms with Crippen molar-refractivity contribution in [1.29, 1.82) is 0 Å². The minimum atomic E-state index is -0.368. The molecule has 5 rings (SSSR count). The summed E-state index contributed by atoms with van der Waals surface area (Å²) in [4.78, 5) is 14.2. The third kappa shape index (κ3) is 4.63. The molecule has 0 spiro atoms. The number of aromatic nitrogens is 1. The number of ether oxygens (including phenoxy) is 1. The first-order chi connectivity index (χ1) is 17.2. The average Bonchev–Trinajstić information content (AvgIpc) is 3.26. The topological polar surface area (TPSA) is 62.3 Å². The van der Waals surface area contributed by atoms with E-state index in [9.17, 15) is 9.90 Å². The van der Waals surface area contributed by atoms with Crippen LogP contribution in [0.5, 0.6) is 11.6 Å². The van der Waals surface area contributed by atoms with E-state index in [1.165, 1.54) is 16.7 Å². The predicted octanol–water partition coefficient (Wildman–Crippen LogP) is 6.61. The second-order valence-corrected chi connectivity index (χ2v) is 9.30. The van der Waals surface area contributed by atoms with Crippen LogP contribution in [0.25, 0.3) is 10.4 Å². The average molecular weight is 480 g/mol. The van der Waals surface area contributed by atoms with Crippen LogP contribution in [0.1, 0.15) is 23.1 Å². The van der Waals surface area contributed by atoms with Crippen LogP contribution in [-0.4, -0.2) is 16.7 Å². The van der Waals surface area contributed by atoms with Crippen LogP contribution < -0.4 is 9.61 Å². The first kappa shape index (κ1) is 22.7. The van der Waals surface area contributed by atoms with E-state index in [2.05, 4.69) is 77.8 Å². The lowest BCUT2D eigenvalue weighted by atomic mass is 9.67. The summed E-state index contributed by atoms with van der Waals surface area (Å²) < 4.78 is 6.22. The zero-order valence-electron chi connectivity index (χ0n) is 19.1. The van der Waals surface area contributed by atoms with Crippen molar-refractivity contribution in [3.05, 3.63) is 142 Å². The summed E-state index contributed by atoms with van der Waals surface area (Å²) >= 11 is 0.985. The predicted molar refractivity (Wildman–Crippen MR) is 141 cm³/mol. The van der Waals surface area contributed by atoms with E-state index in [-0.39, 0.29) is 16.2 Å². The molecule has 0 amide bonds. The van der Waals surface area contributed by atoms with Gasteiger partial charge in [0.05, 0.1) is 11.5 Å². The van der Waals surface area contributed by atoms with Gasteiger partial charge in [-0.25, -0.2) is 0 Å². The van der Waals surface area contributed by atoms with Crippen molar-refractivity contribution in [3.8, 4) is 22.1 Å². The molecule has 4 aromatic carbocycles. The molecule has 0 saturated carbocycles. The maximum Gasteiger partial charge on any atom is 0.307 e. The van der Waals surface area contributed by atoms with Crippen LogP contribution in [0.15, 0.2) is 120 Å². The summed E-state index contributed by atoms with van der Waals surface area (Å²) in [6.07, 6.45) is 0.743. The highest BCUT2D eigenvalue weighted by atomic mass is 32.1. The van der Waals surface area contributed by atoms with Gasteiger partial charge < -0.3 is 9.84 Å². The van der Waals surface area contributed by atoms with Crippen LogP contribution in [0.2, 0.25) is 0 Å². The van der Waals surface area contributed by atoms with Crippen molar-refractivity contribution >= 4 is 11.3 Å². The molecular formula is C30H25NO3S. The number of benzene rings is 4. The van der Waals surface area contributed by atoms with Gasteiger partial charge in [0, 0.05) is 5.41 Å². The second kappa shape index (κ2) is 10.0. The molecule has 5 heteroatoms. The van der Waals surface area contributed by atoms with Crippen molar-refractivity contribution < 1.29 is 9.84 Å². The Balaban J connectivity index is 1.45. The Morgan fingerprint density at radius 3 is 1.63 bits per heavy atom. The highest BCUT2D eigenvalue weighted by Crippen LogP contribution is 2.42. The number of hydrogen-bond donors (Lipinski definition) is 2. The van der Waals surface area contributed by atoms with Gasteiger partial charge in [0.25, 0.3) is 0 Å². The Morgan fingerprint density at radius 1 is 0.714 bits per heavy atom. The lowest BCUT2D eigenvalue weighted by molar-refractivity contribution is 0.286. The fraction of sp³-hybridized carbons (Fsp3) is 0.100. The molecule has 35 heavy (non-hydrogen) atoms. The van der Waals surface area contributed by atoms with Gasteiger partial charge in [-0.15, -0.1) is 0 Å². The van der Waals surface area contributed by atoms with Crippen LogP contribution in [0.3, 0.4) is 0 Å². The van der Waals surface area contributed by atoms with Gasteiger partial charge in [0.1, 0.15) is 5.75 Å². The molecule has 1 aromatic heterocycles.